The maximum Gasteiger partial charge on any atom is 0.420 e. The van der Waals surface area contributed by atoms with E-state index in [0.29, 0.717) is 18.0 Å². The molecule has 3 aromatic rings. The van der Waals surface area contributed by atoms with Gasteiger partial charge in [-0.25, -0.2) is 27.5 Å². The van der Waals surface area contributed by atoms with Gasteiger partial charge in [0.25, 0.3) is 0 Å². The van der Waals surface area contributed by atoms with Crippen LogP contribution in [0.1, 0.15) is 12.5 Å². The number of halogens is 4. The number of sulfonamides is 1. The number of benzene rings is 1. The Morgan fingerprint density at radius 3 is 2.59 bits per heavy atom. The Morgan fingerprint density at radius 1 is 1.16 bits per heavy atom. The highest BCUT2D eigenvalue weighted by atomic mass is 32.2. The Morgan fingerprint density at radius 2 is 1.94 bits per heavy atom. The molecule has 1 aliphatic heterocycles. The van der Waals surface area contributed by atoms with E-state index in [0.717, 1.165) is 0 Å². The molecule has 32 heavy (non-hydrogen) atoms. The number of nitrogens with zero attached hydrogens (tertiary/aromatic N) is 6. The van der Waals surface area contributed by atoms with Gasteiger partial charge in [0.2, 0.25) is 10.0 Å². The van der Waals surface area contributed by atoms with Gasteiger partial charge in [-0.05, 0) is 31.2 Å². The second-order valence-electron chi connectivity index (χ2n) is 7.27. The van der Waals surface area contributed by atoms with Crippen molar-refractivity contribution in [2.24, 2.45) is 0 Å². The van der Waals surface area contributed by atoms with E-state index in [9.17, 15) is 26.0 Å². The summed E-state index contributed by atoms with van der Waals surface area (Å²) in [6.07, 6.45) is -1.32. The van der Waals surface area contributed by atoms with Gasteiger partial charge >= 0.3 is 6.18 Å². The Balaban J connectivity index is 1.59. The maximum atomic E-state index is 13.4. The Kier molecular flexibility index (Phi) is 5.63. The molecule has 1 atom stereocenters. The number of piperazine rings is 1. The van der Waals surface area contributed by atoms with Gasteiger partial charge in [0.05, 0.1) is 16.8 Å². The number of anilines is 1. The van der Waals surface area contributed by atoms with Gasteiger partial charge in [0.15, 0.2) is 0 Å². The molecule has 0 saturated carbocycles. The third-order valence-corrected chi connectivity index (χ3v) is 7.12. The minimum absolute atomic E-state index is 0.0293. The van der Waals surface area contributed by atoms with Crippen molar-refractivity contribution in [3.05, 3.63) is 60.6 Å². The summed E-state index contributed by atoms with van der Waals surface area (Å²) in [6.45, 7) is 1.47. The van der Waals surface area contributed by atoms with Crippen LogP contribution in [0.2, 0.25) is 0 Å². The third kappa shape index (κ3) is 4.17. The molecule has 1 fully saturated rings. The summed E-state index contributed by atoms with van der Waals surface area (Å²) in [6, 6.07) is 5.88. The van der Waals surface area contributed by atoms with Gasteiger partial charge in [-0.2, -0.15) is 22.6 Å². The summed E-state index contributed by atoms with van der Waals surface area (Å²) >= 11 is 0. The van der Waals surface area contributed by atoms with Crippen molar-refractivity contribution in [3.8, 4) is 5.69 Å². The van der Waals surface area contributed by atoms with Crippen molar-refractivity contribution in [3.63, 3.8) is 0 Å². The first-order valence-electron chi connectivity index (χ1n) is 9.52. The maximum absolute atomic E-state index is 13.4. The molecule has 13 heteroatoms. The highest BCUT2D eigenvalue weighted by Gasteiger charge is 2.40. The molecule has 0 bridgehead atoms. The van der Waals surface area contributed by atoms with Crippen LogP contribution in [0.4, 0.5) is 23.4 Å². The van der Waals surface area contributed by atoms with E-state index in [-0.39, 0.29) is 24.5 Å². The van der Waals surface area contributed by atoms with Crippen LogP contribution in [-0.2, 0) is 16.2 Å². The van der Waals surface area contributed by atoms with E-state index in [4.69, 9.17) is 0 Å². The molecule has 0 unspecified atom stereocenters. The van der Waals surface area contributed by atoms with Crippen molar-refractivity contribution < 1.29 is 26.0 Å². The Bertz CT molecular complexity index is 1220. The van der Waals surface area contributed by atoms with E-state index in [2.05, 4.69) is 15.1 Å². The molecule has 0 spiro atoms. The second-order valence-corrected chi connectivity index (χ2v) is 9.16. The van der Waals surface area contributed by atoms with Gasteiger partial charge in [0.1, 0.15) is 29.9 Å². The average molecular weight is 470 g/mol. The smallest absolute Gasteiger partial charge is 0.353 e. The average Bonchev–Trinajstić information content (AvgIpc) is 3.28. The predicted octanol–water partition coefficient (Wildman–Crippen LogP) is 2.72. The molecule has 0 radical (unpaired) electrons. The molecule has 0 amide bonds. The lowest BCUT2D eigenvalue weighted by molar-refractivity contribution is -0.137. The summed E-state index contributed by atoms with van der Waals surface area (Å²) in [5.41, 5.74) is -0.693. The molecule has 1 aromatic carbocycles. The zero-order chi connectivity index (χ0) is 23.1. The normalized spacial score (nSPS) is 18.2. The first kappa shape index (κ1) is 22.1. The summed E-state index contributed by atoms with van der Waals surface area (Å²) in [4.78, 5) is 8.83. The number of rotatable bonds is 4. The van der Waals surface area contributed by atoms with Gasteiger partial charge in [0, 0.05) is 25.7 Å². The number of hydrogen-bond acceptors (Lipinski definition) is 6. The molecule has 3 heterocycles. The van der Waals surface area contributed by atoms with Crippen molar-refractivity contribution in [1.29, 1.82) is 0 Å². The van der Waals surface area contributed by atoms with E-state index in [1.807, 2.05) is 0 Å². The molecular formula is C19H18F4N6O2S. The molecule has 2 aromatic heterocycles. The highest BCUT2D eigenvalue weighted by Crippen LogP contribution is 2.36. The molecule has 0 aliphatic carbocycles. The van der Waals surface area contributed by atoms with Gasteiger partial charge in [-0.1, -0.05) is 6.07 Å². The van der Waals surface area contributed by atoms with Crippen LogP contribution in [0, 0.1) is 5.82 Å². The van der Waals surface area contributed by atoms with Crippen LogP contribution in [0.3, 0.4) is 0 Å². The number of hydrogen-bond donors (Lipinski definition) is 0. The fourth-order valence-electron chi connectivity index (χ4n) is 3.65. The molecule has 170 valence electrons. The topological polar surface area (TPSA) is 84.2 Å². The van der Waals surface area contributed by atoms with Crippen LogP contribution in [0.5, 0.6) is 0 Å². The SMILES string of the molecule is C[C@@H]1CN(c2ncc(F)cc2C(F)(F)F)CCN1S(=O)(=O)c1cccc(-n2cncn2)c1. The number of aromatic nitrogens is 4. The van der Waals surface area contributed by atoms with Crippen LogP contribution < -0.4 is 4.90 Å². The molecule has 0 N–H and O–H groups in total. The third-order valence-electron chi connectivity index (χ3n) is 5.11. The fourth-order valence-corrected chi connectivity index (χ4v) is 5.30. The monoisotopic (exact) mass is 470 g/mol. The van der Waals surface area contributed by atoms with E-state index in [1.54, 1.807) is 19.1 Å². The first-order valence-corrected chi connectivity index (χ1v) is 11.0. The van der Waals surface area contributed by atoms with Crippen LogP contribution in [0.15, 0.2) is 54.1 Å². The van der Waals surface area contributed by atoms with Crippen molar-refractivity contribution in [1.82, 2.24) is 24.1 Å². The minimum atomic E-state index is -4.79. The lowest BCUT2D eigenvalue weighted by Crippen LogP contribution is -2.54. The summed E-state index contributed by atoms with van der Waals surface area (Å²) in [7, 11) is -3.93. The van der Waals surface area contributed by atoms with Crippen molar-refractivity contribution >= 4 is 15.8 Å². The molecular weight excluding hydrogens is 452 g/mol. The van der Waals surface area contributed by atoms with Crippen molar-refractivity contribution in [2.75, 3.05) is 24.5 Å². The van der Waals surface area contributed by atoms with Gasteiger partial charge in [-0.3, -0.25) is 0 Å². The predicted molar refractivity (Wildman–Crippen MR) is 106 cm³/mol. The largest absolute Gasteiger partial charge is 0.420 e. The minimum Gasteiger partial charge on any atom is -0.353 e. The Hall–Kier alpha value is -3.06. The highest BCUT2D eigenvalue weighted by molar-refractivity contribution is 7.89. The van der Waals surface area contributed by atoms with Gasteiger partial charge in [-0.15, -0.1) is 0 Å². The van der Waals surface area contributed by atoms with E-state index < -0.39 is 39.4 Å². The van der Waals surface area contributed by atoms with Crippen molar-refractivity contribution in [2.45, 2.75) is 24.0 Å². The first-order chi connectivity index (χ1) is 15.1. The van der Waals surface area contributed by atoms with Gasteiger partial charge < -0.3 is 4.90 Å². The summed E-state index contributed by atoms with van der Waals surface area (Å²) < 4.78 is 82.6. The Labute approximate surface area is 181 Å². The van der Waals surface area contributed by atoms with E-state index >= 15 is 0 Å². The molecule has 4 rings (SSSR count). The lowest BCUT2D eigenvalue weighted by atomic mass is 10.2. The fraction of sp³-hybridized carbons (Fsp3) is 0.316. The second kappa shape index (κ2) is 8.13. The molecule has 8 nitrogen and oxygen atoms in total. The van der Waals surface area contributed by atoms with Crippen LogP contribution in [0.25, 0.3) is 5.69 Å². The van der Waals surface area contributed by atoms with Crippen LogP contribution in [-0.4, -0.2) is 58.1 Å². The number of alkyl halides is 3. The summed E-state index contributed by atoms with van der Waals surface area (Å²) in [5.74, 6) is -1.52. The lowest BCUT2D eigenvalue weighted by Gasteiger charge is -2.40. The van der Waals surface area contributed by atoms with Crippen LogP contribution >= 0.6 is 0 Å². The molecule has 1 saturated heterocycles. The van der Waals surface area contributed by atoms with E-state index in [1.165, 1.54) is 38.7 Å². The standard InChI is InChI=1S/C19H18F4N6O2S/c1-13-10-27(18-17(19(21,22)23)7-14(20)9-25-18)5-6-29(13)32(30,31)16-4-2-3-15(8-16)28-12-24-11-26-28/h2-4,7-9,11-13H,5-6,10H2,1H3/t13-/m1/s1. The quantitative estimate of drug-likeness (QED) is 0.546. The molecule has 1 aliphatic rings. The zero-order valence-corrected chi connectivity index (χ0v) is 17.6. The summed E-state index contributed by atoms with van der Waals surface area (Å²) in [5, 5.41) is 3.98. The number of pyridine rings is 1. The zero-order valence-electron chi connectivity index (χ0n) is 16.7.